The molecule has 36 heavy (non-hydrogen) atoms. The largest absolute Gasteiger partial charge is 0.496 e. The smallest absolute Gasteiger partial charge is 0.273 e. The van der Waals surface area contributed by atoms with Gasteiger partial charge in [0.1, 0.15) is 11.8 Å². The van der Waals surface area contributed by atoms with Crippen molar-refractivity contribution in [2.75, 3.05) is 20.3 Å². The molecule has 3 aromatic rings. The first kappa shape index (κ1) is 26.7. The minimum Gasteiger partial charge on any atom is -0.496 e. The van der Waals surface area contributed by atoms with E-state index in [0.717, 1.165) is 11.1 Å². The number of carbonyl (C=O) groups excluding carboxylic acids is 2. The maximum absolute atomic E-state index is 13.4. The van der Waals surface area contributed by atoms with Crippen LogP contribution in [0, 0.1) is 16.7 Å². The lowest BCUT2D eigenvalue weighted by molar-refractivity contribution is -0.125. The standard InChI is InChI=1S/C26H31N5O5/c1-26(2,3)23(25(35)28-13-18(33)15-32)29-24(34)22-19-7-5-6-8-20(19)31(30-22)14-17-10-9-16(12-27)11-21(17)36-4/h5-11,18,23,32-33H,13-15H2,1-4H3,(H,28,35)(H,29,34). The van der Waals surface area contributed by atoms with E-state index in [1.807, 2.05) is 32.9 Å². The summed E-state index contributed by atoms with van der Waals surface area (Å²) in [5.74, 6) is -0.460. The molecule has 0 aliphatic carbocycles. The molecule has 0 bridgehead atoms. The van der Waals surface area contributed by atoms with Crippen molar-refractivity contribution < 1.29 is 24.5 Å². The molecule has 2 unspecified atom stereocenters. The van der Waals surface area contributed by atoms with Crippen LogP contribution in [0.3, 0.4) is 0 Å². The number of fused-ring (bicyclic) bond motifs is 1. The molecule has 1 heterocycles. The molecule has 0 saturated heterocycles. The summed E-state index contributed by atoms with van der Waals surface area (Å²) >= 11 is 0. The van der Waals surface area contributed by atoms with Crippen LogP contribution in [-0.4, -0.2) is 64.2 Å². The molecule has 3 rings (SSSR count). The summed E-state index contributed by atoms with van der Waals surface area (Å²) in [7, 11) is 1.53. The van der Waals surface area contributed by atoms with Crippen LogP contribution in [0.1, 0.15) is 42.4 Å². The van der Waals surface area contributed by atoms with Gasteiger partial charge in [0.2, 0.25) is 5.91 Å². The van der Waals surface area contributed by atoms with Crippen molar-refractivity contribution in [2.45, 2.75) is 39.5 Å². The third-order valence-corrected chi connectivity index (χ3v) is 5.74. The maximum Gasteiger partial charge on any atom is 0.273 e. The Balaban J connectivity index is 1.92. The van der Waals surface area contributed by atoms with E-state index in [4.69, 9.17) is 15.1 Å². The van der Waals surface area contributed by atoms with Gasteiger partial charge in [0.25, 0.3) is 5.91 Å². The highest BCUT2D eigenvalue weighted by atomic mass is 16.5. The lowest BCUT2D eigenvalue weighted by Gasteiger charge is -2.30. The lowest BCUT2D eigenvalue weighted by Crippen LogP contribution is -2.54. The highest BCUT2D eigenvalue weighted by molar-refractivity contribution is 6.06. The molecule has 0 saturated carbocycles. The molecule has 4 N–H and O–H groups in total. The van der Waals surface area contributed by atoms with Crippen LogP contribution in [0.5, 0.6) is 5.75 Å². The summed E-state index contributed by atoms with van der Waals surface area (Å²) in [5, 5.41) is 38.3. The molecule has 0 aliphatic heterocycles. The van der Waals surface area contributed by atoms with Crippen LogP contribution in [-0.2, 0) is 11.3 Å². The molecule has 0 aliphatic rings. The number of hydrogen-bond acceptors (Lipinski definition) is 7. The number of para-hydroxylation sites is 1. The number of amides is 2. The molecule has 0 radical (unpaired) electrons. The van der Waals surface area contributed by atoms with E-state index in [1.54, 1.807) is 35.0 Å². The van der Waals surface area contributed by atoms with E-state index in [1.165, 1.54) is 7.11 Å². The third kappa shape index (κ3) is 6.00. The molecular weight excluding hydrogens is 462 g/mol. The SMILES string of the molecule is COc1cc(C#N)ccc1Cn1nc(C(=O)NC(C(=O)NCC(O)CO)C(C)(C)C)c2ccccc21. The number of aliphatic hydroxyl groups is 2. The Kier molecular flexibility index (Phi) is 8.29. The van der Waals surface area contributed by atoms with Gasteiger partial charge in [-0.25, -0.2) is 0 Å². The number of methoxy groups -OCH3 is 1. The number of rotatable bonds is 9. The topological polar surface area (TPSA) is 149 Å². The second kappa shape index (κ2) is 11.2. The van der Waals surface area contributed by atoms with E-state index < -0.39 is 36.0 Å². The quantitative estimate of drug-likeness (QED) is 0.353. The van der Waals surface area contributed by atoms with Crippen molar-refractivity contribution in [3.8, 4) is 11.8 Å². The summed E-state index contributed by atoms with van der Waals surface area (Å²) in [6.07, 6.45) is -1.09. The summed E-state index contributed by atoms with van der Waals surface area (Å²) < 4.78 is 7.12. The Labute approximate surface area is 209 Å². The number of aromatic nitrogens is 2. The van der Waals surface area contributed by atoms with Gasteiger partial charge in [-0.2, -0.15) is 10.4 Å². The number of aliphatic hydroxyl groups excluding tert-OH is 2. The molecule has 2 amide bonds. The van der Waals surface area contributed by atoms with Crippen molar-refractivity contribution in [1.29, 1.82) is 5.26 Å². The zero-order chi connectivity index (χ0) is 26.5. The summed E-state index contributed by atoms with van der Waals surface area (Å²) in [5.41, 5.74) is 1.50. The number of nitrogens with zero attached hydrogens (tertiary/aromatic N) is 3. The predicted octanol–water partition coefficient (Wildman–Crippen LogP) is 1.58. The monoisotopic (exact) mass is 493 g/mol. The van der Waals surface area contributed by atoms with Crippen molar-refractivity contribution in [3.05, 3.63) is 59.3 Å². The number of ether oxygens (including phenoxy) is 1. The number of nitrogens with one attached hydrogen (secondary N) is 2. The Morgan fingerprint density at radius 3 is 2.58 bits per heavy atom. The van der Waals surface area contributed by atoms with Crippen molar-refractivity contribution in [1.82, 2.24) is 20.4 Å². The molecule has 190 valence electrons. The van der Waals surface area contributed by atoms with Gasteiger partial charge < -0.3 is 25.6 Å². The first-order valence-electron chi connectivity index (χ1n) is 11.5. The van der Waals surface area contributed by atoms with Crippen LogP contribution >= 0.6 is 0 Å². The second-order valence-corrected chi connectivity index (χ2v) is 9.52. The van der Waals surface area contributed by atoms with Crippen LogP contribution < -0.4 is 15.4 Å². The van der Waals surface area contributed by atoms with Gasteiger partial charge in [0, 0.05) is 17.5 Å². The maximum atomic E-state index is 13.4. The molecule has 2 aromatic carbocycles. The molecular formula is C26H31N5O5. The van der Waals surface area contributed by atoms with E-state index in [2.05, 4.69) is 21.8 Å². The van der Waals surface area contributed by atoms with E-state index in [-0.39, 0.29) is 12.2 Å². The Morgan fingerprint density at radius 2 is 1.94 bits per heavy atom. The first-order chi connectivity index (χ1) is 17.1. The zero-order valence-electron chi connectivity index (χ0n) is 20.8. The van der Waals surface area contributed by atoms with Crippen molar-refractivity contribution in [2.24, 2.45) is 5.41 Å². The van der Waals surface area contributed by atoms with Gasteiger partial charge in [-0.1, -0.05) is 45.0 Å². The van der Waals surface area contributed by atoms with Crippen LogP contribution in [0.15, 0.2) is 42.5 Å². The lowest BCUT2D eigenvalue weighted by atomic mass is 9.86. The van der Waals surface area contributed by atoms with Gasteiger partial charge in [0.15, 0.2) is 5.69 Å². The van der Waals surface area contributed by atoms with Gasteiger partial charge in [-0.15, -0.1) is 0 Å². The Bertz CT molecular complexity index is 1290. The molecule has 0 fully saturated rings. The summed E-state index contributed by atoms with van der Waals surface area (Å²) in [4.78, 5) is 26.2. The van der Waals surface area contributed by atoms with Crippen LogP contribution in [0.25, 0.3) is 10.9 Å². The molecule has 0 spiro atoms. The average Bonchev–Trinajstić information content (AvgIpc) is 3.23. The third-order valence-electron chi connectivity index (χ3n) is 5.74. The van der Waals surface area contributed by atoms with Gasteiger partial charge in [-0.05, 0) is 23.6 Å². The summed E-state index contributed by atoms with van der Waals surface area (Å²) in [6.45, 7) is 5.11. The first-order valence-corrected chi connectivity index (χ1v) is 11.5. The van der Waals surface area contributed by atoms with Gasteiger partial charge in [0.05, 0.1) is 43.5 Å². The average molecular weight is 494 g/mol. The highest BCUT2D eigenvalue weighted by Crippen LogP contribution is 2.25. The number of benzene rings is 2. The van der Waals surface area contributed by atoms with Crippen molar-refractivity contribution in [3.63, 3.8) is 0 Å². The van der Waals surface area contributed by atoms with E-state index >= 15 is 0 Å². The number of hydrogen-bond donors (Lipinski definition) is 4. The molecule has 1 aromatic heterocycles. The van der Waals surface area contributed by atoms with Crippen LogP contribution in [0.4, 0.5) is 0 Å². The van der Waals surface area contributed by atoms with Crippen molar-refractivity contribution >= 4 is 22.7 Å². The Morgan fingerprint density at radius 1 is 1.22 bits per heavy atom. The van der Waals surface area contributed by atoms with E-state index in [9.17, 15) is 14.7 Å². The van der Waals surface area contributed by atoms with Crippen LogP contribution in [0.2, 0.25) is 0 Å². The fourth-order valence-electron chi connectivity index (χ4n) is 3.78. The molecule has 10 nitrogen and oxygen atoms in total. The Hall–Kier alpha value is -3.94. The zero-order valence-corrected chi connectivity index (χ0v) is 20.8. The minimum atomic E-state index is -1.09. The number of carbonyl (C=O) groups is 2. The summed E-state index contributed by atoms with van der Waals surface area (Å²) in [6, 6.07) is 13.6. The van der Waals surface area contributed by atoms with Gasteiger partial charge in [-0.3, -0.25) is 14.3 Å². The second-order valence-electron chi connectivity index (χ2n) is 9.52. The molecule has 10 heteroatoms. The van der Waals surface area contributed by atoms with E-state index in [0.29, 0.717) is 23.2 Å². The van der Waals surface area contributed by atoms with Gasteiger partial charge >= 0.3 is 0 Å². The minimum absolute atomic E-state index is 0.137. The highest BCUT2D eigenvalue weighted by Gasteiger charge is 2.34. The molecule has 2 atom stereocenters. The predicted molar refractivity (Wildman–Crippen MR) is 133 cm³/mol. The number of nitriles is 1. The fraction of sp³-hybridized carbons (Fsp3) is 0.385. The normalized spacial score (nSPS) is 13.0. The fourth-order valence-corrected chi connectivity index (χ4v) is 3.78.